The van der Waals surface area contributed by atoms with Crippen molar-refractivity contribution in [3.05, 3.63) is 30.0 Å². The lowest BCUT2D eigenvalue weighted by Crippen LogP contribution is -1.76. The van der Waals surface area contributed by atoms with Crippen molar-refractivity contribution in [2.45, 2.75) is 5.75 Å². The highest BCUT2D eigenvalue weighted by Gasteiger charge is 2.00. The van der Waals surface area contributed by atoms with E-state index in [0.29, 0.717) is 5.75 Å². The van der Waals surface area contributed by atoms with Gasteiger partial charge in [0.2, 0.25) is 0 Å². The summed E-state index contributed by atoms with van der Waals surface area (Å²) in [5.74, 6) is 1.29. The molecule has 0 saturated carbocycles. The van der Waals surface area contributed by atoms with Gasteiger partial charge in [-0.2, -0.15) is 11.8 Å². The summed E-state index contributed by atoms with van der Waals surface area (Å²) in [6.07, 6.45) is 2.07. The van der Waals surface area contributed by atoms with Gasteiger partial charge in [0.15, 0.2) is 0 Å². The number of thioether (sulfide) groups is 1. The van der Waals surface area contributed by atoms with Crippen LogP contribution in [0, 0.1) is 0 Å². The number of H-pyrrole nitrogens is 1. The number of aromatic nitrogens is 1. The molecule has 0 aliphatic heterocycles. The molecule has 0 aliphatic carbocycles. The van der Waals surface area contributed by atoms with E-state index < -0.39 is 0 Å². The maximum absolute atomic E-state index is 9.24. The van der Waals surface area contributed by atoms with Gasteiger partial charge in [-0.15, -0.1) is 0 Å². The normalized spacial score (nSPS) is 10.8. The van der Waals surface area contributed by atoms with Crippen molar-refractivity contribution in [3.63, 3.8) is 0 Å². The molecule has 13 heavy (non-hydrogen) atoms. The summed E-state index contributed by atoms with van der Waals surface area (Å²) in [7, 11) is 0. The van der Waals surface area contributed by atoms with E-state index >= 15 is 0 Å². The highest BCUT2D eigenvalue weighted by molar-refractivity contribution is 7.97. The molecule has 68 valence electrons. The molecule has 0 atom stereocenters. The van der Waals surface area contributed by atoms with Crippen LogP contribution >= 0.6 is 11.8 Å². The third-order valence-electron chi connectivity index (χ3n) is 1.96. The van der Waals surface area contributed by atoms with E-state index in [1.54, 1.807) is 23.9 Å². The van der Waals surface area contributed by atoms with Gasteiger partial charge in [-0.3, -0.25) is 0 Å². The molecule has 1 heterocycles. The Morgan fingerprint density at radius 1 is 1.38 bits per heavy atom. The van der Waals surface area contributed by atoms with Crippen molar-refractivity contribution < 1.29 is 5.11 Å². The van der Waals surface area contributed by atoms with Gasteiger partial charge in [-0.05, 0) is 29.8 Å². The van der Waals surface area contributed by atoms with Crippen molar-refractivity contribution in [1.29, 1.82) is 0 Å². The van der Waals surface area contributed by atoms with E-state index in [-0.39, 0.29) is 0 Å². The highest BCUT2D eigenvalue weighted by atomic mass is 32.2. The van der Waals surface area contributed by atoms with E-state index in [4.69, 9.17) is 0 Å². The predicted octanol–water partition coefficient (Wildman–Crippen LogP) is 2.74. The molecule has 0 amide bonds. The number of phenols is 1. The standard InChI is InChI=1S/C10H11NOS/c1-13-6-8-4-7-2-3-9(12)5-10(7)11-8/h2-5,11-12H,6H2,1H3. The highest BCUT2D eigenvalue weighted by Crippen LogP contribution is 2.21. The molecular formula is C10H11NOS. The Labute approximate surface area is 81.0 Å². The minimum absolute atomic E-state index is 0.310. The molecule has 2 nitrogen and oxygen atoms in total. The second-order valence-electron chi connectivity index (χ2n) is 3.00. The number of rotatable bonds is 2. The van der Waals surface area contributed by atoms with Gasteiger partial charge >= 0.3 is 0 Å². The summed E-state index contributed by atoms with van der Waals surface area (Å²) in [5.41, 5.74) is 2.21. The topological polar surface area (TPSA) is 36.0 Å². The first-order chi connectivity index (χ1) is 6.29. The van der Waals surface area contributed by atoms with Gasteiger partial charge in [0.25, 0.3) is 0 Å². The third-order valence-corrected chi connectivity index (χ3v) is 2.56. The molecule has 0 spiro atoms. The molecule has 2 N–H and O–H groups in total. The fourth-order valence-corrected chi connectivity index (χ4v) is 1.87. The second-order valence-corrected chi connectivity index (χ2v) is 3.87. The third kappa shape index (κ3) is 1.65. The summed E-state index contributed by atoms with van der Waals surface area (Å²) >= 11 is 1.78. The number of aromatic hydroxyl groups is 1. The molecule has 0 unspecified atom stereocenters. The fourth-order valence-electron chi connectivity index (χ4n) is 1.41. The van der Waals surface area contributed by atoms with Crippen LogP contribution in [0.15, 0.2) is 24.3 Å². The van der Waals surface area contributed by atoms with Crippen LogP contribution in [0.2, 0.25) is 0 Å². The van der Waals surface area contributed by atoms with Crippen LogP contribution in [0.5, 0.6) is 5.75 Å². The average molecular weight is 193 g/mol. The zero-order chi connectivity index (χ0) is 9.26. The molecule has 0 bridgehead atoms. The molecule has 1 aromatic carbocycles. The van der Waals surface area contributed by atoms with Crippen LogP contribution in [0.3, 0.4) is 0 Å². The molecule has 3 heteroatoms. The first kappa shape index (κ1) is 8.51. The summed E-state index contributed by atoms with van der Waals surface area (Å²) < 4.78 is 0. The summed E-state index contributed by atoms with van der Waals surface area (Å²) in [5, 5.41) is 10.4. The maximum atomic E-state index is 9.24. The van der Waals surface area contributed by atoms with Crippen molar-refractivity contribution >= 4 is 22.7 Å². The van der Waals surface area contributed by atoms with Crippen molar-refractivity contribution in [1.82, 2.24) is 4.98 Å². The number of hydrogen-bond acceptors (Lipinski definition) is 2. The van der Waals surface area contributed by atoms with Crippen LogP contribution < -0.4 is 0 Å². The number of fused-ring (bicyclic) bond motifs is 1. The molecule has 0 aliphatic rings. The number of hydrogen-bond donors (Lipinski definition) is 2. The Hall–Kier alpha value is -1.09. The zero-order valence-electron chi connectivity index (χ0n) is 7.37. The molecule has 2 rings (SSSR count). The van der Waals surface area contributed by atoms with Crippen LogP contribution in [-0.4, -0.2) is 16.3 Å². The second kappa shape index (κ2) is 3.34. The Kier molecular flexibility index (Phi) is 2.19. The average Bonchev–Trinajstić information content (AvgIpc) is 2.46. The summed E-state index contributed by atoms with van der Waals surface area (Å²) in [4.78, 5) is 3.26. The SMILES string of the molecule is CSCc1cc2ccc(O)cc2[nH]1. The molecule has 0 fully saturated rings. The minimum Gasteiger partial charge on any atom is -0.508 e. The lowest BCUT2D eigenvalue weighted by Gasteiger charge is -1.91. The number of nitrogens with one attached hydrogen (secondary N) is 1. The monoisotopic (exact) mass is 193 g/mol. The molecule has 2 aromatic rings. The zero-order valence-corrected chi connectivity index (χ0v) is 8.19. The smallest absolute Gasteiger partial charge is 0.117 e. The predicted molar refractivity (Wildman–Crippen MR) is 57.2 cm³/mol. The van der Waals surface area contributed by atoms with Crippen LogP contribution in [0.4, 0.5) is 0 Å². The van der Waals surface area contributed by atoms with Gasteiger partial charge in [0, 0.05) is 23.0 Å². The van der Waals surface area contributed by atoms with Crippen LogP contribution in [-0.2, 0) is 5.75 Å². The van der Waals surface area contributed by atoms with E-state index in [1.165, 1.54) is 5.69 Å². The van der Waals surface area contributed by atoms with E-state index in [9.17, 15) is 5.11 Å². The molecule has 1 aromatic heterocycles. The summed E-state index contributed by atoms with van der Waals surface area (Å²) in [6, 6.07) is 7.49. The largest absolute Gasteiger partial charge is 0.508 e. The first-order valence-corrected chi connectivity index (χ1v) is 5.48. The summed E-state index contributed by atoms with van der Waals surface area (Å²) in [6.45, 7) is 0. The van der Waals surface area contributed by atoms with Crippen LogP contribution in [0.25, 0.3) is 10.9 Å². The quantitative estimate of drug-likeness (QED) is 0.769. The van der Waals surface area contributed by atoms with E-state index in [1.807, 2.05) is 6.07 Å². The van der Waals surface area contributed by atoms with Crippen molar-refractivity contribution in [3.8, 4) is 5.75 Å². The number of benzene rings is 1. The Balaban J connectivity index is 2.49. The first-order valence-electron chi connectivity index (χ1n) is 4.09. The molecule has 0 radical (unpaired) electrons. The maximum Gasteiger partial charge on any atom is 0.117 e. The molecule has 0 saturated heterocycles. The Bertz CT molecular complexity index is 422. The minimum atomic E-state index is 0.310. The Morgan fingerprint density at radius 2 is 2.23 bits per heavy atom. The van der Waals surface area contributed by atoms with Gasteiger partial charge in [-0.25, -0.2) is 0 Å². The van der Waals surface area contributed by atoms with E-state index in [0.717, 1.165) is 16.7 Å². The lowest BCUT2D eigenvalue weighted by atomic mass is 10.2. The van der Waals surface area contributed by atoms with E-state index in [2.05, 4.69) is 17.3 Å². The molecular weight excluding hydrogens is 182 g/mol. The van der Waals surface area contributed by atoms with Crippen molar-refractivity contribution in [2.75, 3.05) is 6.26 Å². The van der Waals surface area contributed by atoms with Crippen molar-refractivity contribution in [2.24, 2.45) is 0 Å². The van der Waals surface area contributed by atoms with Gasteiger partial charge < -0.3 is 10.1 Å². The van der Waals surface area contributed by atoms with Gasteiger partial charge in [-0.1, -0.05) is 0 Å². The van der Waals surface area contributed by atoms with Gasteiger partial charge in [0.05, 0.1) is 0 Å². The lowest BCUT2D eigenvalue weighted by molar-refractivity contribution is 0.476. The van der Waals surface area contributed by atoms with Gasteiger partial charge in [0.1, 0.15) is 5.75 Å². The number of aromatic amines is 1. The number of phenolic OH excluding ortho intramolecular Hbond substituents is 1. The Morgan fingerprint density at radius 3 is 3.00 bits per heavy atom. The van der Waals surface area contributed by atoms with Crippen LogP contribution in [0.1, 0.15) is 5.69 Å². The fraction of sp³-hybridized carbons (Fsp3) is 0.200.